The number of hydrogen-bond donors (Lipinski definition) is 3. The Balaban J connectivity index is 1.83. The molecule has 4 amide bonds. The van der Waals surface area contributed by atoms with Gasteiger partial charge in [0, 0.05) is 12.1 Å². The van der Waals surface area contributed by atoms with Crippen molar-refractivity contribution in [3.63, 3.8) is 0 Å². The van der Waals surface area contributed by atoms with E-state index in [9.17, 15) is 19.2 Å². The van der Waals surface area contributed by atoms with Gasteiger partial charge in [0.1, 0.15) is 6.04 Å². The van der Waals surface area contributed by atoms with E-state index in [4.69, 9.17) is 0 Å². The van der Waals surface area contributed by atoms with Crippen LogP contribution in [0.5, 0.6) is 0 Å². The average molecular weight is 305 g/mol. The van der Waals surface area contributed by atoms with Gasteiger partial charge in [0.15, 0.2) is 0 Å². The lowest BCUT2D eigenvalue weighted by Crippen LogP contribution is -2.30. The van der Waals surface area contributed by atoms with Crippen LogP contribution in [-0.2, 0) is 14.3 Å². The molecule has 1 aliphatic rings. The summed E-state index contributed by atoms with van der Waals surface area (Å²) < 4.78 is 4.57. The van der Waals surface area contributed by atoms with E-state index in [0.29, 0.717) is 11.3 Å². The molecule has 2 rings (SSSR count). The van der Waals surface area contributed by atoms with Gasteiger partial charge in [-0.15, -0.1) is 0 Å². The molecule has 0 saturated carbocycles. The molecular formula is C14H15N3O5. The van der Waals surface area contributed by atoms with Crippen molar-refractivity contribution in [1.29, 1.82) is 0 Å². The first-order chi connectivity index (χ1) is 10.5. The minimum Gasteiger partial charge on any atom is -0.465 e. The number of urea groups is 1. The minimum atomic E-state index is -0.681. The Morgan fingerprint density at radius 2 is 1.91 bits per heavy atom. The van der Waals surface area contributed by atoms with Gasteiger partial charge in [0.05, 0.1) is 12.7 Å². The van der Waals surface area contributed by atoms with Crippen LogP contribution in [0.15, 0.2) is 24.3 Å². The molecule has 0 aromatic heterocycles. The molecule has 1 heterocycles. The average Bonchev–Trinajstić information content (AvgIpc) is 2.83. The Morgan fingerprint density at radius 3 is 2.45 bits per heavy atom. The molecule has 0 radical (unpaired) electrons. The monoisotopic (exact) mass is 305 g/mol. The van der Waals surface area contributed by atoms with E-state index in [1.807, 2.05) is 0 Å². The predicted octanol–water partition coefficient (Wildman–Crippen LogP) is 0.400. The van der Waals surface area contributed by atoms with Crippen molar-refractivity contribution in [2.75, 3.05) is 12.4 Å². The van der Waals surface area contributed by atoms with Crippen LogP contribution in [0.4, 0.5) is 10.5 Å². The van der Waals surface area contributed by atoms with Crippen molar-refractivity contribution >= 4 is 29.5 Å². The number of amides is 4. The number of carbonyl (C=O) groups excluding carboxylic acids is 4. The maximum absolute atomic E-state index is 11.8. The summed E-state index contributed by atoms with van der Waals surface area (Å²) in [4.78, 5) is 45.3. The van der Waals surface area contributed by atoms with E-state index in [2.05, 4.69) is 20.7 Å². The van der Waals surface area contributed by atoms with Crippen molar-refractivity contribution < 1.29 is 23.9 Å². The van der Waals surface area contributed by atoms with Gasteiger partial charge in [0.2, 0.25) is 5.91 Å². The summed E-state index contributed by atoms with van der Waals surface area (Å²) in [5.74, 6) is -1.18. The number of rotatable bonds is 5. The van der Waals surface area contributed by atoms with Crippen molar-refractivity contribution in [2.45, 2.75) is 18.9 Å². The van der Waals surface area contributed by atoms with E-state index in [0.717, 1.165) is 0 Å². The molecule has 1 fully saturated rings. The molecule has 8 heteroatoms. The van der Waals surface area contributed by atoms with Gasteiger partial charge in [-0.1, -0.05) is 0 Å². The van der Waals surface area contributed by atoms with E-state index >= 15 is 0 Å². The molecule has 22 heavy (non-hydrogen) atoms. The van der Waals surface area contributed by atoms with E-state index in [-0.39, 0.29) is 18.7 Å². The zero-order valence-electron chi connectivity index (χ0n) is 11.8. The smallest absolute Gasteiger partial charge is 0.337 e. The molecule has 0 unspecified atom stereocenters. The molecule has 1 aliphatic heterocycles. The second kappa shape index (κ2) is 6.70. The first-order valence-electron chi connectivity index (χ1n) is 6.59. The number of nitrogens with one attached hydrogen (secondary N) is 3. The standard InChI is InChI=1S/C14H15N3O5/c1-22-13(20)8-2-4-9(5-3-8)15-11(18)7-6-10-12(19)17-14(21)16-10/h2-5,10H,6-7H2,1H3,(H,15,18)(H2,16,17,19,21)/t10-/m0/s1. The number of ether oxygens (including phenoxy) is 1. The summed E-state index contributed by atoms with van der Waals surface area (Å²) in [5.41, 5.74) is 0.906. The Bertz CT molecular complexity index is 611. The molecule has 1 atom stereocenters. The van der Waals surface area contributed by atoms with E-state index < -0.39 is 23.9 Å². The second-order valence-electron chi connectivity index (χ2n) is 4.67. The quantitative estimate of drug-likeness (QED) is 0.538. The maximum Gasteiger partial charge on any atom is 0.337 e. The van der Waals surface area contributed by atoms with Crippen LogP contribution in [0.1, 0.15) is 23.2 Å². The first-order valence-corrected chi connectivity index (χ1v) is 6.59. The van der Waals surface area contributed by atoms with Gasteiger partial charge < -0.3 is 15.4 Å². The molecule has 0 aliphatic carbocycles. The normalized spacial score (nSPS) is 16.7. The largest absolute Gasteiger partial charge is 0.465 e. The third-order valence-electron chi connectivity index (χ3n) is 3.11. The van der Waals surface area contributed by atoms with Crippen LogP contribution >= 0.6 is 0 Å². The highest BCUT2D eigenvalue weighted by molar-refractivity contribution is 6.04. The van der Waals surface area contributed by atoms with Gasteiger partial charge in [0.25, 0.3) is 5.91 Å². The van der Waals surface area contributed by atoms with Crippen molar-refractivity contribution in [3.8, 4) is 0 Å². The Labute approximate surface area is 126 Å². The molecule has 0 spiro atoms. The Hall–Kier alpha value is -2.90. The fourth-order valence-corrected chi connectivity index (χ4v) is 1.97. The van der Waals surface area contributed by atoms with Crippen LogP contribution in [0.3, 0.4) is 0 Å². The lowest BCUT2D eigenvalue weighted by atomic mass is 10.1. The molecule has 1 saturated heterocycles. The number of carbonyl (C=O) groups is 4. The Morgan fingerprint density at radius 1 is 1.23 bits per heavy atom. The highest BCUT2D eigenvalue weighted by Crippen LogP contribution is 2.11. The van der Waals surface area contributed by atoms with Gasteiger partial charge in [-0.3, -0.25) is 14.9 Å². The van der Waals surface area contributed by atoms with E-state index in [1.54, 1.807) is 12.1 Å². The molecular weight excluding hydrogens is 290 g/mol. The van der Waals surface area contributed by atoms with Crippen LogP contribution in [0.2, 0.25) is 0 Å². The summed E-state index contributed by atoms with van der Waals surface area (Å²) >= 11 is 0. The molecule has 8 nitrogen and oxygen atoms in total. The van der Waals surface area contributed by atoms with Gasteiger partial charge >= 0.3 is 12.0 Å². The SMILES string of the molecule is COC(=O)c1ccc(NC(=O)CC[C@@H]2NC(=O)NC2=O)cc1. The third-order valence-corrected chi connectivity index (χ3v) is 3.11. The highest BCUT2D eigenvalue weighted by Gasteiger charge is 2.29. The number of methoxy groups -OCH3 is 1. The lowest BCUT2D eigenvalue weighted by molar-refractivity contribution is -0.120. The zero-order valence-corrected chi connectivity index (χ0v) is 11.8. The summed E-state index contributed by atoms with van der Waals surface area (Å²) in [5, 5.41) is 7.16. The van der Waals surface area contributed by atoms with Crippen molar-refractivity contribution in [2.24, 2.45) is 0 Å². The predicted molar refractivity (Wildman–Crippen MR) is 76.1 cm³/mol. The van der Waals surface area contributed by atoms with Gasteiger partial charge in [-0.05, 0) is 30.7 Å². The van der Waals surface area contributed by atoms with Gasteiger partial charge in [-0.2, -0.15) is 0 Å². The fourth-order valence-electron chi connectivity index (χ4n) is 1.97. The summed E-state index contributed by atoms with van der Waals surface area (Å²) in [7, 11) is 1.29. The third kappa shape index (κ3) is 3.81. The molecule has 116 valence electrons. The molecule has 0 bridgehead atoms. The number of benzene rings is 1. The van der Waals surface area contributed by atoms with Crippen LogP contribution in [0.25, 0.3) is 0 Å². The van der Waals surface area contributed by atoms with E-state index in [1.165, 1.54) is 19.2 Å². The van der Waals surface area contributed by atoms with Crippen LogP contribution < -0.4 is 16.0 Å². The number of anilines is 1. The van der Waals surface area contributed by atoms with Crippen molar-refractivity contribution in [3.05, 3.63) is 29.8 Å². The highest BCUT2D eigenvalue weighted by atomic mass is 16.5. The number of hydrogen-bond acceptors (Lipinski definition) is 5. The minimum absolute atomic E-state index is 0.0805. The maximum atomic E-state index is 11.8. The fraction of sp³-hybridized carbons (Fsp3) is 0.286. The van der Waals surface area contributed by atoms with Crippen LogP contribution in [-0.4, -0.2) is 37.0 Å². The molecule has 3 N–H and O–H groups in total. The summed E-state index contributed by atoms with van der Waals surface area (Å²) in [6.45, 7) is 0. The number of esters is 1. The lowest BCUT2D eigenvalue weighted by Gasteiger charge is -2.08. The van der Waals surface area contributed by atoms with Crippen LogP contribution in [0, 0.1) is 0 Å². The first kappa shape index (κ1) is 15.5. The number of imide groups is 1. The van der Waals surface area contributed by atoms with Gasteiger partial charge in [-0.25, -0.2) is 9.59 Å². The molecule has 1 aromatic rings. The van der Waals surface area contributed by atoms with Crippen molar-refractivity contribution in [1.82, 2.24) is 10.6 Å². The second-order valence-corrected chi connectivity index (χ2v) is 4.67. The summed E-state index contributed by atoms with van der Waals surface area (Å²) in [6.07, 6.45) is 0.292. The Kier molecular flexibility index (Phi) is 4.72. The zero-order chi connectivity index (χ0) is 16.1. The summed E-state index contributed by atoms with van der Waals surface area (Å²) in [6, 6.07) is 4.99. The topological polar surface area (TPSA) is 114 Å². The molecule has 1 aromatic carbocycles.